The van der Waals surface area contributed by atoms with E-state index in [1.165, 1.54) is 0 Å². The molecule has 4 rings (SSSR count). The lowest BCUT2D eigenvalue weighted by atomic mass is 10.1. The normalized spacial score (nSPS) is 17.7. The first kappa shape index (κ1) is 13.8. The Morgan fingerprint density at radius 2 is 1.95 bits per heavy atom. The topological polar surface area (TPSA) is 55.2 Å². The van der Waals surface area contributed by atoms with Gasteiger partial charge >= 0.3 is 0 Å². The number of likely N-dealkylation sites (tertiary alicyclic amines) is 1. The van der Waals surface area contributed by atoms with E-state index in [1.807, 2.05) is 4.90 Å². The molecule has 0 N–H and O–H groups in total. The highest BCUT2D eigenvalue weighted by Gasteiger charge is 2.21. The lowest BCUT2D eigenvalue weighted by Gasteiger charge is -2.18. The molecule has 0 atom stereocenters. The Kier molecular flexibility index (Phi) is 3.41. The Morgan fingerprint density at radius 3 is 2.77 bits per heavy atom. The van der Waals surface area contributed by atoms with Crippen LogP contribution in [0.5, 0.6) is 0 Å². The summed E-state index contributed by atoms with van der Waals surface area (Å²) < 4.78 is 1.75. The van der Waals surface area contributed by atoms with Gasteiger partial charge in [-0.25, -0.2) is 4.98 Å². The predicted molar refractivity (Wildman–Crippen MR) is 86.5 cm³/mol. The largest absolute Gasteiger partial charge is 0.339 e. The number of fused-ring (bicyclic) bond motifs is 2. The average Bonchev–Trinajstić information content (AvgIpc) is 3.08. The Labute approximate surface area is 132 Å². The van der Waals surface area contributed by atoms with Gasteiger partial charge in [-0.2, -0.15) is 0 Å². The van der Waals surface area contributed by atoms with Gasteiger partial charge in [0.15, 0.2) is 5.16 Å². The van der Waals surface area contributed by atoms with E-state index in [4.69, 9.17) is 0 Å². The quantitative estimate of drug-likeness (QED) is 0.757. The molecular weight excluding hydrogens is 298 g/mol. The zero-order valence-electron chi connectivity index (χ0n) is 12.2. The molecule has 5 nitrogen and oxygen atoms in total. The van der Waals surface area contributed by atoms with Crippen molar-refractivity contribution in [3.05, 3.63) is 34.1 Å². The monoisotopic (exact) mass is 315 g/mol. The van der Waals surface area contributed by atoms with Crippen LogP contribution in [0, 0.1) is 0 Å². The summed E-state index contributed by atoms with van der Waals surface area (Å²) in [5.41, 5.74) is 1.27. The molecule has 1 amide bonds. The van der Waals surface area contributed by atoms with Crippen molar-refractivity contribution in [2.24, 2.45) is 0 Å². The molecule has 0 radical (unpaired) electrons. The van der Waals surface area contributed by atoms with Crippen LogP contribution in [0.2, 0.25) is 0 Å². The molecule has 2 aromatic rings. The Morgan fingerprint density at radius 1 is 1.14 bits per heavy atom. The van der Waals surface area contributed by atoms with Crippen LogP contribution < -0.4 is 5.56 Å². The van der Waals surface area contributed by atoms with E-state index in [2.05, 4.69) is 4.98 Å². The molecule has 1 saturated heterocycles. The van der Waals surface area contributed by atoms with Crippen LogP contribution in [0.4, 0.5) is 0 Å². The number of benzene rings is 1. The molecular formula is C16H17N3O2S. The highest BCUT2D eigenvalue weighted by Crippen LogP contribution is 2.24. The summed E-state index contributed by atoms with van der Waals surface area (Å²) in [6.07, 6.45) is 3.14. The summed E-state index contributed by atoms with van der Waals surface area (Å²) in [5.74, 6) is 1.04. The number of hydrogen-bond acceptors (Lipinski definition) is 4. The van der Waals surface area contributed by atoms with Crippen LogP contribution in [0.3, 0.4) is 0 Å². The van der Waals surface area contributed by atoms with Gasteiger partial charge in [-0.3, -0.25) is 14.2 Å². The van der Waals surface area contributed by atoms with Gasteiger partial charge in [0.2, 0.25) is 0 Å². The van der Waals surface area contributed by atoms with Crippen molar-refractivity contribution >= 4 is 28.6 Å². The van der Waals surface area contributed by atoms with Crippen LogP contribution in [0.1, 0.15) is 29.6 Å². The van der Waals surface area contributed by atoms with Gasteiger partial charge < -0.3 is 4.90 Å². The van der Waals surface area contributed by atoms with Gasteiger partial charge in [0, 0.05) is 31.0 Å². The number of carbonyl (C=O) groups excluding carboxylic acids is 1. The maximum absolute atomic E-state index is 12.5. The first-order valence-electron chi connectivity index (χ1n) is 7.71. The zero-order valence-corrected chi connectivity index (χ0v) is 13.1. The summed E-state index contributed by atoms with van der Waals surface area (Å²) in [6.45, 7) is 2.39. The van der Waals surface area contributed by atoms with Gasteiger partial charge in [0.25, 0.3) is 11.5 Å². The van der Waals surface area contributed by atoms with Crippen molar-refractivity contribution in [2.75, 3.05) is 18.8 Å². The maximum atomic E-state index is 12.5. The van der Waals surface area contributed by atoms with Crippen LogP contribution in [0.15, 0.2) is 28.2 Å². The average molecular weight is 315 g/mol. The first-order chi connectivity index (χ1) is 10.7. The molecule has 1 fully saturated rings. The van der Waals surface area contributed by atoms with E-state index in [0.717, 1.165) is 49.8 Å². The summed E-state index contributed by atoms with van der Waals surface area (Å²) >= 11 is 1.61. The van der Waals surface area contributed by atoms with Crippen molar-refractivity contribution in [1.82, 2.24) is 14.5 Å². The second-order valence-electron chi connectivity index (χ2n) is 5.78. The minimum atomic E-state index is 0.00683. The lowest BCUT2D eigenvalue weighted by Crippen LogP contribution is -2.28. The molecule has 0 spiro atoms. The first-order valence-corrected chi connectivity index (χ1v) is 8.69. The fraction of sp³-hybridized carbons (Fsp3) is 0.438. The van der Waals surface area contributed by atoms with E-state index < -0.39 is 0 Å². The summed E-state index contributed by atoms with van der Waals surface area (Å²) in [4.78, 5) is 31.5. The smallest absolute Gasteiger partial charge is 0.262 e. The SMILES string of the molecule is O=C(c1ccc2c(=O)n3c(nc2c1)SCCC3)N1CCCC1. The van der Waals surface area contributed by atoms with Crippen LogP contribution in [0.25, 0.3) is 10.9 Å². The summed E-state index contributed by atoms with van der Waals surface area (Å²) in [5, 5.41) is 1.37. The summed E-state index contributed by atoms with van der Waals surface area (Å²) in [6, 6.07) is 5.28. The number of hydrogen-bond donors (Lipinski definition) is 0. The molecule has 2 aliphatic rings. The Bertz CT molecular complexity index is 809. The number of carbonyl (C=O) groups is 1. The van der Waals surface area contributed by atoms with E-state index in [9.17, 15) is 9.59 Å². The second kappa shape index (κ2) is 5.43. The van der Waals surface area contributed by atoms with Crippen molar-refractivity contribution < 1.29 is 4.79 Å². The fourth-order valence-electron chi connectivity index (χ4n) is 3.13. The van der Waals surface area contributed by atoms with Crippen molar-refractivity contribution in [3.63, 3.8) is 0 Å². The third kappa shape index (κ3) is 2.22. The fourth-order valence-corrected chi connectivity index (χ4v) is 4.08. The van der Waals surface area contributed by atoms with Gasteiger partial charge in [0.1, 0.15) is 0 Å². The molecule has 0 bridgehead atoms. The molecule has 1 aromatic heterocycles. The Hall–Kier alpha value is -1.82. The third-order valence-corrected chi connectivity index (χ3v) is 5.38. The Balaban J connectivity index is 1.80. The molecule has 114 valence electrons. The molecule has 22 heavy (non-hydrogen) atoms. The van der Waals surface area contributed by atoms with Gasteiger partial charge in [-0.15, -0.1) is 0 Å². The minimum absolute atomic E-state index is 0.00683. The van der Waals surface area contributed by atoms with Crippen molar-refractivity contribution in [1.29, 1.82) is 0 Å². The standard InChI is InChI=1S/C16H17N3O2S/c20-14(18-6-1-2-7-18)11-4-5-12-13(10-11)17-16-19(15(12)21)8-3-9-22-16/h4-5,10H,1-3,6-9H2. The maximum Gasteiger partial charge on any atom is 0.262 e. The molecule has 0 unspecified atom stereocenters. The predicted octanol–water partition coefficient (Wildman–Crippen LogP) is 2.13. The highest BCUT2D eigenvalue weighted by molar-refractivity contribution is 7.99. The number of aromatic nitrogens is 2. The highest BCUT2D eigenvalue weighted by atomic mass is 32.2. The number of amides is 1. The molecule has 0 saturated carbocycles. The third-order valence-electron chi connectivity index (χ3n) is 4.32. The van der Waals surface area contributed by atoms with E-state index in [0.29, 0.717) is 16.5 Å². The molecule has 6 heteroatoms. The van der Waals surface area contributed by atoms with E-state index in [-0.39, 0.29) is 11.5 Å². The molecule has 0 aliphatic carbocycles. The molecule has 2 aliphatic heterocycles. The lowest BCUT2D eigenvalue weighted by molar-refractivity contribution is 0.0793. The summed E-state index contributed by atoms with van der Waals surface area (Å²) in [7, 11) is 0. The number of nitrogens with zero attached hydrogens (tertiary/aromatic N) is 3. The molecule has 3 heterocycles. The zero-order chi connectivity index (χ0) is 15.1. The van der Waals surface area contributed by atoms with Crippen LogP contribution in [-0.2, 0) is 6.54 Å². The van der Waals surface area contributed by atoms with Crippen LogP contribution in [-0.4, -0.2) is 39.2 Å². The number of rotatable bonds is 1. The number of thioether (sulfide) groups is 1. The van der Waals surface area contributed by atoms with Gasteiger partial charge in [0.05, 0.1) is 10.9 Å². The van der Waals surface area contributed by atoms with Gasteiger partial charge in [-0.05, 0) is 37.5 Å². The second-order valence-corrected chi connectivity index (χ2v) is 6.85. The van der Waals surface area contributed by atoms with Crippen LogP contribution >= 0.6 is 11.8 Å². The van der Waals surface area contributed by atoms with Gasteiger partial charge in [-0.1, -0.05) is 11.8 Å². The minimum Gasteiger partial charge on any atom is -0.339 e. The van der Waals surface area contributed by atoms with Crippen molar-refractivity contribution in [3.8, 4) is 0 Å². The van der Waals surface area contributed by atoms with E-state index in [1.54, 1.807) is 34.5 Å². The van der Waals surface area contributed by atoms with Crippen molar-refractivity contribution in [2.45, 2.75) is 31.0 Å². The molecule has 1 aromatic carbocycles. The van der Waals surface area contributed by atoms with E-state index >= 15 is 0 Å².